The quantitative estimate of drug-likeness (QED) is 0.500. The Morgan fingerprint density at radius 2 is 1.69 bits per heavy atom. The minimum absolute atomic E-state index is 0.0987. The van der Waals surface area contributed by atoms with Crippen molar-refractivity contribution in [2.24, 2.45) is 0 Å². The maximum Gasteiger partial charge on any atom is 0.410 e. The fraction of sp³-hybridized carbons (Fsp3) is 0.517. The summed E-state index contributed by atoms with van der Waals surface area (Å²) in [5.74, 6) is 0.637. The molecule has 1 unspecified atom stereocenters. The molecule has 1 heterocycles. The van der Waals surface area contributed by atoms with E-state index in [1.165, 1.54) is 0 Å². The number of amides is 2. The molecular formula is C29H42N4O5S. The van der Waals surface area contributed by atoms with Crippen LogP contribution in [0.2, 0.25) is 0 Å². The highest BCUT2D eigenvalue weighted by molar-refractivity contribution is 7.82. The number of hydrogen-bond acceptors (Lipinski definition) is 6. The molecule has 10 heteroatoms. The molecule has 0 aliphatic carbocycles. The Morgan fingerprint density at radius 1 is 1.05 bits per heavy atom. The number of hydrogen-bond donors (Lipinski definition) is 1. The van der Waals surface area contributed by atoms with Crippen LogP contribution in [0, 0.1) is 13.8 Å². The molecule has 1 aliphatic heterocycles. The van der Waals surface area contributed by atoms with Gasteiger partial charge in [0.1, 0.15) is 22.3 Å². The van der Waals surface area contributed by atoms with E-state index in [0.717, 1.165) is 33.0 Å². The zero-order valence-electron chi connectivity index (χ0n) is 24.2. The minimum Gasteiger partial charge on any atom is -0.497 e. The van der Waals surface area contributed by atoms with E-state index in [-0.39, 0.29) is 18.4 Å². The maximum absolute atomic E-state index is 13.1. The van der Waals surface area contributed by atoms with Crippen LogP contribution in [0.1, 0.15) is 43.9 Å². The van der Waals surface area contributed by atoms with Gasteiger partial charge < -0.3 is 24.6 Å². The number of carbonyl (C=O) groups is 2. The first-order valence-corrected chi connectivity index (χ1v) is 14.4. The van der Waals surface area contributed by atoms with Crippen LogP contribution >= 0.6 is 0 Å². The second kappa shape index (κ2) is 13.3. The molecule has 1 saturated heterocycles. The second-order valence-corrected chi connectivity index (χ2v) is 12.4. The zero-order chi connectivity index (χ0) is 28.7. The fourth-order valence-corrected chi connectivity index (χ4v) is 5.66. The largest absolute Gasteiger partial charge is 0.497 e. The van der Waals surface area contributed by atoms with Crippen LogP contribution in [0.4, 0.5) is 10.5 Å². The van der Waals surface area contributed by atoms with E-state index in [1.807, 2.05) is 65.0 Å². The predicted molar refractivity (Wildman–Crippen MR) is 154 cm³/mol. The smallest absolute Gasteiger partial charge is 0.410 e. The van der Waals surface area contributed by atoms with E-state index in [0.29, 0.717) is 39.3 Å². The van der Waals surface area contributed by atoms with Crippen molar-refractivity contribution in [1.29, 1.82) is 0 Å². The molecule has 0 spiro atoms. The number of nitrogens with zero attached hydrogens (tertiary/aromatic N) is 3. The summed E-state index contributed by atoms with van der Waals surface area (Å²) in [7, 11) is 2.00. The highest BCUT2D eigenvalue weighted by Crippen LogP contribution is 2.26. The van der Waals surface area contributed by atoms with Crippen LogP contribution in [-0.4, -0.2) is 77.9 Å². The van der Waals surface area contributed by atoms with Crippen LogP contribution < -0.4 is 15.0 Å². The molecule has 2 aromatic carbocycles. The van der Waals surface area contributed by atoms with Gasteiger partial charge in [-0.2, -0.15) is 0 Å². The maximum atomic E-state index is 13.1. The first-order chi connectivity index (χ1) is 18.4. The standard InChI is InChI=1S/C29H42N4O5S/c1-21-17-25(37-7)18-22(2)27(21)39(36)31(6)12-11-26(34)30-20-23-9-8-10-24(19-23)32-13-15-33(16-14-32)28(35)38-29(3,4)5/h8-10,17-19H,11-16,20H2,1-7H3,(H,30,34). The third kappa shape index (κ3) is 8.69. The van der Waals surface area contributed by atoms with E-state index < -0.39 is 16.6 Å². The number of methoxy groups -OCH3 is 1. The van der Waals surface area contributed by atoms with Gasteiger partial charge in [-0.3, -0.25) is 4.79 Å². The van der Waals surface area contributed by atoms with Gasteiger partial charge in [0.25, 0.3) is 0 Å². The zero-order valence-corrected chi connectivity index (χ0v) is 25.0. The number of piperazine rings is 1. The summed E-state index contributed by atoms with van der Waals surface area (Å²) in [6, 6.07) is 11.8. The third-order valence-electron chi connectivity index (χ3n) is 6.48. The molecule has 0 bridgehead atoms. The van der Waals surface area contributed by atoms with Crippen molar-refractivity contribution in [2.45, 2.75) is 58.1 Å². The Bertz CT molecular complexity index is 1170. The van der Waals surface area contributed by atoms with Crippen molar-refractivity contribution in [1.82, 2.24) is 14.5 Å². The number of anilines is 1. The Morgan fingerprint density at radius 3 is 2.28 bits per heavy atom. The summed E-state index contributed by atoms with van der Waals surface area (Å²) < 4.78 is 25.6. The lowest BCUT2D eigenvalue weighted by Crippen LogP contribution is -2.50. The molecule has 1 fully saturated rings. The van der Waals surface area contributed by atoms with E-state index in [9.17, 15) is 13.8 Å². The second-order valence-electron chi connectivity index (χ2n) is 10.8. The SMILES string of the molecule is COc1cc(C)c(S(=O)N(C)CCC(=O)NCc2cccc(N3CCN(C(=O)OC(C)(C)C)CC3)c2)c(C)c1. The summed E-state index contributed by atoms with van der Waals surface area (Å²) in [4.78, 5) is 29.6. The van der Waals surface area contributed by atoms with Gasteiger partial charge in [-0.05, 0) is 75.6 Å². The lowest BCUT2D eigenvalue weighted by Gasteiger charge is -2.36. The normalized spacial score (nSPS) is 14.8. The summed E-state index contributed by atoms with van der Waals surface area (Å²) in [6.45, 7) is 12.8. The molecule has 39 heavy (non-hydrogen) atoms. The van der Waals surface area contributed by atoms with E-state index in [4.69, 9.17) is 9.47 Å². The van der Waals surface area contributed by atoms with Crippen LogP contribution in [0.25, 0.3) is 0 Å². The number of benzene rings is 2. The van der Waals surface area contributed by atoms with Crippen molar-refractivity contribution in [3.05, 3.63) is 53.1 Å². The minimum atomic E-state index is -1.38. The first kappa shape index (κ1) is 30.4. The number of carbonyl (C=O) groups excluding carboxylic acids is 2. The van der Waals surface area contributed by atoms with Gasteiger partial charge in [0.05, 0.1) is 12.0 Å². The summed E-state index contributed by atoms with van der Waals surface area (Å²) in [6.07, 6.45) is -0.0367. The average Bonchev–Trinajstić information content (AvgIpc) is 2.89. The lowest BCUT2D eigenvalue weighted by molar-refractivity contribution is -0.121. The van der Waals surface area contributed by atoms with Gasteiger partial charge in [0.15, 0.2) is 0 Å². The number of rotatable bonds is 9. The average molecular weight is 559 g/mol. The van der Waals surface area contributed by atoms with Crippen LogP contribution in [0.3, 0.4) is 0 Å². The highest BCUT2D eigenvalue weighted by atomic mass is 32.2. The van der Waals surface area contributed by atoms with Gasteiger partial charge >= 0.3 is 6.09 Å². The molecule has 3 rings (SSSR count). The molecule has 0 aromatic heterocycles. The molecule has 214 valence electrons. The number of ether oxygens (including phenoxy) is 2. The Hall–Kier alpha value is -3.11. The van der Waals surface area contributed by atoms with Gasteiger partial charge in [0, 0.05) is 58.4 Å². The van der Waals surface area contributed by atoms with Crippen LogP contribution in [0.15, 0.2) is 41.3 Å². The van der Waals surface area contributed by atoms with E-state index in [1.54, 1.807) is 23.4 Å². The molecule has 2 aromatic rings. The fourth-order valence-electron chi connectivity index (χ4n) is 4.43. The third-order valence-corrected chi connectivity index (χ3v) is 8.22. The molecule has 0 saturated carbocycles. The monoisotopic (exact) mass is 558 g/mol. The van der Waals surface area contributed by atoms with Crippen molar-refractivity contribution in [3.8, 4) is 5.75 Å². The molecule has 1 N–H and O–H groups in total. The molecule has 0 radical (unpaired) electrons. The lowest BCUT2D eigenvalue weighted by atomic mass is 10.1. The van der Waals surface area contributed by atoms with Gasteiger partial charge in [-0.15, -0.1) is 0 Å². The Labute approximate surface area is 235 Å². The van der Waals surface area contributed by atoms with E-state index in [2.05, 4.69) is 16.3 Å². The van der Waals surface area contributed by atoms with Crippen LogP contribution in [0.5, 0.6) is 5.75 Å². The highest BCUT2D eigenvalue weighted by Gasteiger charge is 2.26. The van der Waals surface area contributed by atoms with Crippen molar-refractivity contribution >= 4 is 28.7 Å². The summed E-state index contributed by atoms with van der Waals surface area (Å²) in [5.41, 5.74) is 3.34. The predicted octanol–water partition coefficient (Wildman–Crippen LogP) is 4.03. The van der Waals surface area contributed by atoms with Gasteiger partial charge in [-0.25, -0.2) is 13.3 Å². The first-order valence-electron chi connectivity index (χ1n) is 13.2. The summed E-state index contributed by atoms with van der Waals surface area (Å²) in [5, 5.41) is 2.98. The van der Waals surface area contributed by atoms with Crippen molar-refractivity contribution in [3.63, 3.8) is 0 Å². The van der Waals surface area contributed by atoms with E-state index >= 15 is 0 Å². The molecular weight excluding hydrogens is 516 g/mol. The van der Waals surface area contributed by atoms with Crippen molar-refractivity contribution < 1.29 is 23.3 Å². The Balaban J connectivity index is 1.47. The molecule has 1 atom stereocenters. The number of nitrogens with one attached hydrogen (secondary N) is 1. The molecule has 1 aliphatic rings. The van der Waals surface area contributed by atoms with Gasteiger partial charge in [0.2, 0.25) is 5.91 Å². The Kier molecular flexibility index (Phi) is 10.4. The molecule has 9 nitrogen and oxygen atoms in total. The molecule has 2 amide bonds. The number of aryl methyl sites for hydroxylation is 2. The van der Waals surface area contributed by atoms with Crippen LogP contribution in [-0.2, 0) is 27.1 Å². The topological polar surface area (TPSA) is 91.4 Å². The van der Waals surface area contributed by atoms with Crippen molar-refractivity contribution in [2.75, 3.05) is 51.8 Å². The van der Waals surface area contributed by atoms with Gasteiger partial charge in [-0.1, -0.05) is 12.1 Å². The summed E-state index contributed by atoms with van der Waals surface area (Å²) >= 11 is 0.